The number of rotatable bonds is 4. The maximum absolute atomic E-state index is 11.6. The Morgan fingerprint density at radius 3 is 2.87 bits per heavy atom. The van der Waals surface area contributed by atoms with E-state index in [-0.39, 0.29) is 30.3 Å². The van der Waals surface area contributed by atoms with Crippen molar-refractivity contribution in [2.45, 2.75) is 19.9 Å². The molecule has 0 aliphatic carbocycles. The molecule has 5 heteroatoms. The summed E-state index contributed by atoms with van der Waals surface area (Å²) in [5.74, 6) is 0.136. The first-order chi connectivity index (χ1) is 7.06. The number of methoxy groups -OCH3 is 1. The van der Waals surface area contributed by atoms with Crippen molar-refractivity contribution in [2.75, 3.05) is 26.8 Å². The highest BCUT2D eigenvalue weighted by molar-refractivity contribution is 5.94. The minimum absolute atomic E-state index is 0.0231. The SMILES string of the molecule is COCC(C)CN1C(=O)CNC(=O)C1C. The van der Waals surface area contributed by atoms with Crippen LogP contribution in [0.15, 0.2) is 0 Å². The second-order valence-corrected chi connectivity index (χ2v) is 4.00. The van der Waals surface area contributed by atoms with E-state index in [1.54, 1.807) is 18.9 Å². The summed E-state index contributed by atoms with van der Waals surface area (Å²) in [6.07, 6.45) is 0. The van der Waals surface area contributed by atoms with Gasteiger partial charge in [-0.1, -0.05) is 6.92 Å². The van der Waals surface area contributed by atoms with E-state index >= 15 is 0 Å². The van der Waals surface area contributed by atoms with Gasteiger partial charge in [0.15, 0.2) is 0 Å². The van der Waals surface area contributed by atoms with Gasteiger partial charge in [-0.15, -0.1) is 0 Å². The van der Waals surface area contributed by atoms with Gasteiger partial charge in [0.25, 0.3) is 0 Å². The van der Waals surface area contributed by atoms with Gasteiger partial charge in [0, 0.05) is 13.7 Å². The molecule has 0 radical (unpaired) electrons. The van der Waals surface area contributed by atoms with Gasteiger partial charge < -0.3 is 15.0 Å². The number of carbonyl (C=O) groups excluding carboxylic acids is 2. The summed E-state index contributed by atoms with van der Waals surface area (Å²) in [5, 5.41) is 2.56. The number of nitrogens with zero attached hydrogens (tertiary/aromatic N) is 1. The summed E-state index contributed by atoms with van der Waals surface area (Å²) >= 11 is 0. The van der Waals surface area contributed by atoms with E-state index in [1.807, 2.05) is 6.92 Å². The molecule has 15 heavy (non-hydrogen) atoms. The van der Waals surface area contributed by atoms with Crippen LogP contribution in [0, 0.1) is 5.92 Å². The highest BCUT2D eigenvalue weighted by Crippen LogP contribution is 2.09. The molecule has 0 aromatic rings. The quantitative estimate of drug-likeness (QED) is 0.693. The summed E-state index contributed by atoms with van der Waals surface area (Å²) in [6.45, 7) is 5.02. The van der Waals surface area contributed by atoms with Crippen LogP contribution in [0.2, 0.25) is 0 Å². The fraction of sp³-hybridized carbons (Fsp3) is 0.800. The number of nitrogens with one attached hydrogen (secondary N) is 1. The van der Waals surface area contributed by atoms with Crippen LogP contribution in [0.1, 0.15) is 13.8 Å². The van der Waals surface area contributed by atoms with E-state index in [0.717, 1.165) is 0 Å². The summed E-state index contributed by atoms with van der Waals surface area (Å²) in [6, 6.07) is -0.370. The van der Waals surface area contributed by atoms with E-state index < -0.39 is 0 Å². The molecule has 0 aromatic heterocycles. The first-order valence-electron chi connectivity index (χ1n) is 5.12. The van der Waals surface area contributed by atoms with Gasteiger partial charge in [0.2, 0.25) is 11.8 Å². The lowest BCUT2D eigenvalue weighted by Gasteiger charge is -2.34. The van der Waals surface area contributed by atoms with Crippen LogP contribution in [0.3, 0.4) is 0 Å². The highest BCUT2D eigenvalue weighted by Gasteiger charge is 2.31. The van der Waals surface area contributed by atoms with Crippen LogP contribution in [-0.4, -0.2) is 49.6 Å². The van der Waals surface area contributed by atoms with Gasteiger partial charge in [-0.25, -0.2) is 0 Å². The number of hydrogen-bond donors (Lipinski definition) is 1. The number of piperazine rings is 1. The van der Waals surface area contributed by atoms with E-state index in [1.165, 1.54) is 0 Å². The van der Waals surface area contributed by atoms with Gasteiger partial charge in [0.1, 0.15) is 6.04 Å². The molecule has 2 atom stereocenters. The van der Waals surface area contributed by atoms with E-state index in [2.05, 4.69) is 5.32 Å². The molecule has 1 aliphatic rings. The van der Waals surface area contributed by atoms with Crippen LogP contribution in [0.4, 0.5) is 0 Å². The van der Waals surface area contributed by atoms with Gasteiger partial charge in [0.05, 0.1) is 13.2 Å². The van der Waals surface area contributed by atoms with Crippen molar-refractivity contribution in [3.63, 3.8) is 0 Å². The van der Waals surface area contributed by atoms with Crippen molar-refractivity contribution in [1.82, 2.24) is 10.2 Å². The molecule has 1 heterocycles. The molecule has 1 N–H and O–H groups in total. The molecular formula is C10H18N2O3. The first-order valence-corrected chi connectivity index (χ1v) is 5.12. The number of amides is 2. The maximum atomic E-state index is 11.6. The van der Waals surface area contributed by atoms with Crippen molar-refractivity contribution >= 4 is 11.8 Å². The molecule has 1 rings (SSSR count). The van der Waals surface area contributed by atoms with Crippen molar-refractivity contribution in [1.29, 1.82) is 0 Å². The fourth-order valence-corrected chi connectivity index (χ4v) is 1.70. The average molecular weight is 214 g/mol. The molecule has 0 saturated carbocycles. The molecule has 86 valence electrons. The average Bonchev–Trinajstić information content (AvgIpc) is 2.19. The first kappa shape index (κ1) is 12.0. The van der Waals surface area contributed by atoms with Crippen LogP contribution >= 0.6 is 0 Å². The molecule has 2 amide bonds. The molecule has 1 aliphatic heterocycles. The zero-order chi connectivity index (χ0) is 11.4. The van der Waals surface area contributed by atoms with Crippen LogP contribution < -0.4 is 5.32 Å². The van der Waals surface area contributed by atoms with E-state index in [4.69, 9.17) is 4.74 Å². The minimum atomic E-state index is -0.370. The van der Waals surface area contributed by atoms with Gasteiger partial charge >= 0.3 is 0 Å². The Morgan fingerprint density at radius 1 is 1.60 bits per heavy atom. The van der Waals surface area contributed by atoms with Gasteiger partial charge in [-0.05, 0) is 12.8 Å². The van der Waals surface area contributed by atoms with Gasteiger partial charge in [-0.3, -0.25) is 9.59 Å². The molecular weight excluding hydrogens is 196 g/mol. The van der Waals surface area contributed by atoms with Crippen molar-refractivity contribution in [3.8, 4) is 0 Å². The number of hydrogen-bond acceptors (Lipinski definition) is 3. The molecule has 1 fully saturated rings. The Kier molecular flexibility index (Phi) is 4.08. The van der Waals surface area contributed by atoms with Crippen molar-refractivity contribution < 1.29 is 14.3 Å². The molecule has 5 nitrogen and oxygen atoms in total. The smallest absolute Gasteiger partial charge is 0.242 e. The van der Waals surface area contributed by atoms with E-state index in [0.29, 0.717) is 13.2 Å². The summed E-state index contributed by atoms with van der Waals surface area (Å²) in [4.78, 5) is 24.5. The predicted octanol–water partition coefficient (Wildman–Crippen LogP) is -0.384. The molecule has 1 saturated heterocycles. The maximum Gasteiger partial charge on any atom is 0.242 e. The number of ether oxygens (including phenoxy) is 1. The Labute approximate surface area is 89.8 Å². The third-order valence-electron chi connectivity index (χ3n) is 2.54. The van der Waals surface area contributed by atoms with E-state index in [9.17, 15) is 9.59 Å². The van der Waals surface area contributed by atoms with Gasteiger partial charge in [-0.2, -0.15) is 0 Å². The molecule has 0 spiro atoms. The zero-order valence-electron chi connectivity index (χ0n) is 9.45. The highest BCUT2D eigenvalue weighted by atomic mass is 16.5. The Morgan fingerprint density at radius 2 is 2.27 bits per heavy atom. The summed E-state index contributed by atoms with van der Waals surface area (Å²) in [5.41, 5.74) is 0. The lowest BCUT2D eigenvalue weighted by Crippen LogP contribution is -2.58. The third-order valence-corrected chi connectivity index (χ3v) is 2.54. The van der Waals surface area contributed by atoms with Crippen LogP contribution in [-0.2, 0) is 14.3 Å². The number of carbonyl (C=O) groups is 2. The Hall–Kier alpha value is -1.10. The summed E-state index contributed by atoms with van der Waals surface area (Å²) < 4.78 is 5.00. The molecule has 0 aromatic carbocycles. The molecule has 0 bridgehead atoms. The standard InChI is InChI=1S/C10H18N2O3/c1-7(6-15-3)5-12-8(2)10(14)11-4-9(12)13/h7-8H,4-6H2,1-3H3,(H,11,14). The normalized spacial score (nSPS) is 23.9. The lowest BCUT2D eigenvalue weighted by atomic mass is 10.1. The lowest BCUT2D eigenvalue weighted by molar-refractivity contribution is -0.145. The minimum Gasteiger partial charge on any atom is -0.384 e. The predicted molar refractivity (Wildman–Crippen MR) is 55.2 cm³/mol. The summed E-state index contributed by atoms with van der Waals surface area (Å²) in [7, 11) is 1.63. The van der Waals surface area contributed by atoms with Crippen molar-refractivity contribution in [2.24, 2.45) is 5.92 Å². The van der Waals surface area contributed by atoms with Crippen molar-refractivity contribution in [3.05, 3.63) is 0 Å². The largest absolute Gasteiger partial charge is 0.384 e. The Bertz CT molecular complexity index is 255. The second kappa shape index (κ2) is 5.11. The monoisotopic (exact) mass is 214 g/mol. The van der Waals surface area contributed by atoms with Crippen LogP contribution in [0.5, 0.6) is 0 Å². The molecule has 2 unspecified atom stereocenters. The third kappa shape index (κ3) is 2.92. The topological polar surface area (TPSA) is 58.6 Å². The zero-order valence-corrected chi connectivity index (χ0v) is 9.45. The van der Waals surface area contributed by atoms with Crippen LogP contribution in [0.25, 0.3) is 0 Å². The fourth-order valence-electron chi connectivity index (χ4n) is 1.70. The Balaban J connectivity index is 2.56. The second-order valence-electron chi connectivity index (χ2n) is 4.00.